The molecule has 0 aliphatic rings. The number of nitrogens with one attached hydrogen (secondary N) is 1. The van der Waals surface area contributed by atoms with Crippen LogP contribution >= 0.6 is 11.6 Å². The molecule has 0 spiro atoms. The third-order valence-corrected chi connectivity index (χ3v) is 5.13. The fourth-order valence-corrected chi connectivity index (χ4v) is 3.49. The van der Waals surface area contributed by atoms with Gasteiger partial charge >= 0.3 is 0 Å². The summed E-state index contributed by atoms with van der Waals surface area (Å²) in [5, 5.41) is 3.94. The molecule has 0 saturated heterocycles. The summed E-state index contributed by atoms with van der Waals surface area (Å²) in [7, 11) is 0. The van der Waals surface area contributed by atoms with Crippen molar-refractivity contribution in [1.82, 2.24) is 9.13 Å². The van der Waals surface area contributed by atoms with Gasteiger partial charge in [0.1, 0.15) is 6.54 Å². The van der Waals surface area contributed by atoms with Crippen molar-refractivity contribution in [2.75, 3.05) is 5.32 Å². The number of carbonyl (C=O) groups excluding carboxylic acids is 1. The third kappa shape index (κ3) is 4.18. The zero-order chi connectivity index (χ0) is 21.1. The lowest BCUT2D eigenvalue weighted by Crippen LogP contribution is -2.23. The monoisotopic (exact) mass is 419 g/mol. The van der Waals surface area contributed by atoms with E-state index in [0.29, 0.717) is 28.2 Å². The van der Waals surface area contributed by atoms with Crippen LogP contribution in [0.15, 0.2) is 88.7 Å². The lowest BCUT2D eigenvalue weighted by molar-refractivity contribution is -0.116. The van der Waals surface area contributed by atoms with Gasteiger partial charge in [0.15, 0.2) is 5.43 Å². The minimum atomic E-state index is -0.272. The highest BCUT2D eigenvalue weighted by molar-refractivity contribution is 6.31. The van der Waals surface area contributed by atoms with E-state index in [-0.39, 0.29) is 23.4 Å². The molecule has 0 aliphatic heterocycles. The molecule has 0 saturated carbocycles. The molecule has 4 rings (SSSR count). The summed E-state index contributed by atoms with van der Waals surface area (Å²) in [6.45, 7) is 0.330. The molecule has 4 aromatic rings. The Balaban J connectivity index is 1.54. The number of carbonyl (C=O) groups is 1. The highest BCUT2D eigenvalue weighted by atomic mass is 35.5. The lowest BCUT2D eigenvalue weighted by atomic mass is 10.2. The van der Waals surface area contributed by atoms with Gasteiger partial charge in [-0.3, -0.25) is 14.4 Å². The van der Waals surface area contributed by atoms with Crippen molar-refractivity contribution in [2.24, 2.45) is 0 Å². The zero-order valence-corrected chi connectivity index (χ0v) is 16.7. The van der Waals surface area contributed by atoms with Crippen LogP contribution in [0.25, 0.3) is 10.9 Å². The molecular weight excluding hydrogens is 402 g/mol. The molecule has 2 aromatic heterocycles. The standard InChI is InChI=1S/C23H18ClN3O3/c24-19-7-3-1-5-16(19)13-27-14-17(9-10-23(27)30)25-22(29)15-26-12-11-21(28)18-6-2-4-8-20(18)26/h1-12,14H,13,15H2,(H,25,29). The Labute approximate surface area is 177 Å². The topological polar surface area (TPSA) is 73.1 Å². The van der Waals surface area contributed by atoms with Crippen LogP contribution in [0.3, 0.4) is 0 Å². The van der Waals surface area contributed by atoms with E-state index in [4.69, 9.17) is 11.6 Å². The Kier molecular flexibility index (Phi) is 5.50. The maximum Gasteiger partial charge on any atom is 0.250 e. The molecule has 6 nitrogen and oxygen atoms in total. The van der Waals surface area contributed by atoms with Gasteiger partial charge in [-0.05, 0) is 29.8 Å². The molecule has 0 atom stereocenters. The van der Waals surface area contributed by atoms with Crippen LogP contribution < -0.4 is 16.3 Å². The van der Waals surface area contributed by atoms with E-state index >= 15 is 0 Å². The molecule has 2 heterocycles. The number of amides is 1. The molecule has 0 radical (unpaired) electrons. The molecule has 0 unspecified atom stereocenters. The van der Waals surface area contributed by atoms with E-state index in [2.05, 4.69) is 5.32 Å². The number of rotatable bonds is 5. The van der Waals surface area contributed by atoms with Gasteiger partial charge in [-0.2, -0.15) is 0 Å². The fraction of sp³-hybridized carbons (Fsp3) is 0.0870. The highest BCUT2D eigenvalue weighted by Crippen LogP contribution is 2.16. The summed E-state index contributed by atoms with van der Waals surface area (Å²) in [6, 6.07) is 18.8. The number of nitrogens with zero attached hydrogens (tertiary/aromatic N) is 2. The van der Waals surface area contributed by atoms with Crippen LogP contribution in [0.5, 0.6) is 0 Å². The van der Waals surface area contributed by atoms with Crippen molar-refractivity contribution in [3.05, 3.63) is 110 Å². The van der Waals surface area contributed by atoms with Crippen LogP contribution in [0.4, 0.5) is 5.69 Å². The third-order valence-electron chi connectivity index (χ3n) is 4.76. The summed E-state index contributed by atoms with van der Waals surface area (Å²) in [4.78, 5) is 36.8. The van der Waals surface area contributed by atoms with Crippen LogP contribution in [0.1, 0.15) is 5.56 Å². The van der Waals surface area contributed by atoms with Crippen molar-refractivity contribution in [2.45, 2.75) is 13.1 Å². The number of hydrogen-bond acceptors (Lipinski definition) is 3. The Bertz CT molecular complexity index is 1360. The minimum Gasteiger partial charge on any atom is -0.338 e. The molecule has 0 bridgehead atoms. The second-order valence-electron chi connectivity index (χ2n) is 6.85. The number of para-hydroxylation sites is 1. The summed E-state index contributed by atoms with van der Waals surface area (Å²) in [5.41, 5.74) is 1.71. The number of aromatic nitrogens is 2. The molecule has 0 fully saturated rings. The first-order valence-electron chi connectivity index (χ1n) is 9.33. The van der Waals surface area contributed by atoms with E-state index in [9.17, 15) is 14.4 Å². The number of pyridine rings is 2. The average molecular weight is 420 g/mol. The maximum atomic E-state index is 12.6. The van der Waals surface area contributed by atoms with Crippen LogP contribution in [-0.2, 0) is 17.9 Å². The first-order chi connectivity index (χ1) is 14.5. The highest BCUT2D eigenvalue weighted by Gasteiger charge is 2.09. The molecule has 7 heteroatoms. The Morgan fingerprint density at radius 3 is 2.50 bits per heavy atom. The minimum absolute atomic E-state index is 0.0322. The maximum absolute atomic E-state index is 12.6. The second-order valence-corrected chi connectivity index (χ2v) is 7.26. The molecule has 150 valence electrons. The van der Waals surface area contributed by atoms with E-state index < -0.39 is 0 Å². The van der Waals surface area contributed by atoms with Gasteiger partial charge in [-0.25, -0.2) is 0 Å². The van der Waals surface area contributed by atoms with Crippen LogP contribution in [-0.4, -0.2) is 15.0 Å². The van der Waals surface area contributed by atoms with Gasteiger partial charge < -0.3 is 14.5 Å². The first kappa shape index (κ1) is 19.7. The van der Waals surface area contributed by atoms with Crippen molar-refractivity contribution in [3.63, 3.8) is 0 Å². The number of halogens is 1. The Morgan fingerprint density at radius 1 is 0.900 bits per heavy atom. The molecule has 2 aromatic carbocycles. The van der Waals surface area contributed by atoms with Gasteiger partial charge in [0.05, 0.1) is 17.7 Å². The Morgan fingerprint density at radius 2 is 1.67 bits per heavy atom. The van der Waals surface area contributed by atoms with Crippen molar-refractivity contribution in [1.29, 1.82) is 0 Å². The second kappa shape index (κ2) is 8.39. The predicted molar refractivity (Wildman–Crippen MR) is 118 cm³/mol. The van der Waals surface area contributed by atoms with Crippen molar-refractivity contribution >= 4 is 34.1 Å². The summed E-state index contributed by atoms with van der Waals surface area (Å²) in [6.07, 6.45) is 3.19. The van der Waals surface area contributed by atoms with E-state index in [0.717, 1.165) is 5.56 Å². The summed E-state index contributed by atoms with van der Waals surface area (Å²) >= 11 is 6.19. The molecular formula is C23H18ClN3O3. The predicted octanol–water partition coefficient (Wildman–Crippen LogP) is 3.50. The van der Waals surface area contributed by atoms with Gasteiger partial charge in [0, 0.05) is 34.9 Å². The van der Waals surface area contributed by atoms with Crippen LogP contribution in [0.2, 0.25) is 5.02 Å². The normalized spacial score (nSPS) is 10.8. The molecule has 1 amide bonds. The van der Waals surface area contributed by atoms with E-state index in [1.54, 1.807) is 47.3 Å². The largest absolute Gasteiger partial charge is 0.338 e. The molecule has 30 heavy (non-hydrogen) atoms. The quantitative estimate of drug-likeness (QED) is 0.538. The summed E-state index contributed by atoms with van der Waals surface area (Å²) in [5.74, 6) is -0.272. The van der Waals surface area contributed by atoms with Crippen molar-refractivity contribution in [3.8, 4) is 0 Å². The number of fused-ring (bicyclic) bond motifs is 1. The van der Waals surface area contributed by atoms with Gasteiger partial charge in [-0.1, -0.05) is 41.9 Å². The molecule has 1 N–H and O–H groups in total. The number of hydrogen-bond donors (Lipinski definition) is 1. The Hall–Kier alpha value is -3.64. The average Bonchev–Trinajstić information content (AvgIpc) is 2.74. The van der Waals surface area contributed by atoms with E-state index in [1.165, 1.54) is 16.7 Å². The smallest absolute Gasteiger partial charge is 0.250 e. The van der Waals surface area contributed by atoms with Gasteiger partial charge in [0.25, 0.3) is 5.56 Å². The first-order valence-corrected chi connectivity index (χ1v) is 9.71. The van der Waals surface area contributed by atoms with E-state index in [1.807, 2.05) is 24.3 Å². The summed E-state index contributed by atoms with van der Waals surface area (Å²) < 4.78 is 3.21. The SMILES string of the molecule is O=C(Cn1ccc(=O)c2ccccc21)Nc1ccc(=O)n(Cc2ccccc2Cl)c1. The number of anilines is 1. The van der Waals surface area contributed by atoms with Crippen molar-refractivity contribution < 1.29 is 4.79 Å². The van der Waals surface area contributed by atoms with Gasteiger partial charge in [-0.15, -0.1) is 0 Å². The fourth-order valence-electron chi connectivity index (χ4n) is 3.29. The van der Waals surface area contributed by atoms with Gasteiger partial charge in [0.2, 0.25) is 5.91 Å². The van der Waals surface area contributed by atoms with Crippen LogP contribution in [0, 0.1) is 0 Å². The number of benzene rings is 2. The molecule has 0 aliphatic carbocycles. The lowest BCUT2D eigenvalue weighted by Gasteiger charge is -2.13. The zero-order valence-electron chi connectivity index (χ0n) is 15.9.